The van der Waals surface area contributed by atoms with Crippen LogP contribution in [0.1, 0.15) is 13.3 Å². The number of rotatable bonds is 8. The lowest BCUT2D eigenvalue weighted by Crippen LogP contribution is -2.32. The Balaban J connectivity index is 4.96. The van der Waals surface area contributed by atoms with Crippen LogP contribution in [0.3, 0.4) is 0 Å². The second-order valence-corrected chi connectivity index (χ2v) is 12.6. The topological polar surface area (TPSA) is 3.24 Å². The maximum atomic E-state index is 3.90. The predicted octanol–water partition coefficient (Wildman–Crippen LogP) is 4.03. The minimum atomic E-state index is -0.710. The van der Waals surface area contributed by atoms with Crippen molar-refractivity contribution in [3.63, 3.8) is 0 Å². The molecule has 0 saturated carbocycles. The fourth-order valence-electron chi connectivity index (χ4n) is 1.97. The van der Waals surface area contributed by atoms with Crippen LogP contribution in [0.5, 0.6) is 0 Å². The molecular formula is C13H29NS2. The van der Waals surface area contributed by atoms with Gasteiger partial charge in [0.15, 0.2) is 0 Å². The maximum absolute atomic E-state index is 3.90. The molecule has 3 heteroatoms. The Morgan fingerprint density at radius 1 is 0.938 bits per heavy atom. The molecule has 0 rings (SSSR count). The molecule has 1 nitrogen and oxygen atoms in total. The molecule has 0 amide bonds. The van der Waals surface area contributed by atoms with Crippen molar-refractivity contribution >= 4 is 20.4 Å². The monoisotopic (exact) mass is 263 g/mol. The summed E-state index contributed by atoms with van der Waals surface area (Å²) in [5, 5.41) is 0. The van der Waals surface area contributed by atoms with Crippen LogP contribution >= 0.6 is 20.4 Å². The SMILES string of the molecule is C=CCS(C)(C)N(CCC)S(C)(C)CC=C. The van der Waals surface area contributed by atoms with E-state index in [-0.39, 0.29) is 0 Å². The third-order valence-electron chi connectivity index (χ3n) is 2.56. The zero-order valence-electron chi connectivity index (χ0n) is 11.7. The van der Waals surface area contributed by atoms with Crippen LogP contribution in [0.4, 0.5) is 0 Å². The highest BCUT2D eigenvalue weighted by Crippen LogP contribution is 2.60. The molecule has 0 aliphatic heterocycles. The third-order valence-corrected chi connectivity index (χ3v) is 9.65. The van der Waals surface area contributed by atoms with E-state index in [4.69, 9.17) is 0 Å². The molecule has 0 bridgehead atoms. The summed E-state index contributed by atoms with van der Waals surface area (Å²) in [5.41, 5.74) is 0. The highest BCUT2D eigenvalue weighted by molar-refractivity contribution is 8.44. The molecule has 0 aromatic carbocycles. The van der Waals surface area contributed by atoms with Gasteiger partial charge in [-0.3, -0.25) is 0 Å². The smallest absolute Gasteiger partial charge is 0.0166 e. The molecule has 98 valence electrons. The average molecular weight is 264 g/mol. The Morgan fingerprint density at radius 2 is 1.31 bits per heavy atom. The summed E-state index contributed by atoms with van der Waals surface area (Å²) in [6.45, 7) is 11.3. The lowest BCUT2D eigenvalue weighted by atomic mass is 10.5. The van der Waals surface area contributed by atoms with Crippen molar-refractivity contribution in [2.45, 2.75) is 13.3 Å². The van der Waals surface area contributed by atoms with Crippen LogP contribution in [-0.2, 0) is 0 Å². The Bertz CT molecular complexity index is 212. The van der Waals surface area contributed by atoms with Gasteiger partial charge in [-0.1, -0.05) is 19.1 Å². The largest absolute Gasteiger partial charge is 0.231 e. The molecule has 0 unspecified atom stereocenters. The minimum Gasteiger partial charge on any atom is -0.231 e. The molecule has 0 aliphatic carbocycles. The van der Waals surface area contributed by atoms with E-state index < -0.39 is 20.4 Å². The van der Waals surface area contributed by atoms with Gasteiger partial charge in [-0.25, -0.2) is 3.71 Å². The van der Waals surface area contributed by atoms with Crippen molar-refractivity contribution < 1.29 is 0 Å². The molecule has 0 N–H and O–H groups in total. The van der Waals surface area contributed by atoms with E-state index in [1.807, 2.05) is 0 Å². The Kier molecular flexibility index (Phi) is 6.83. The molecule has 0 aromatic heterocycles. The summed E-state index contributed by atoms with van der Waals surface area (Å²) < 4.78 is 2.75. The van der Waals surface area contributed by atoms with E-state index in [1.54, 1.807) is 0 Å². The van der Waals surface area contributed by atoms with Crippen LogP contribution < -0.4 is 0 Å². The molecule has 0 aliphatic rings. The van der Waals surface area contributed by atoms with Crippen LogP contribution in [0.2, 0.25) is 0 Å². The van der Waals surface area contributed by atoms with Crippen molar-refractivity contribution in [2.24, 2.45) is 0 Å². The van der Waals surface area contributed by atoms with Crippen molar-refractivity contribution in [1.29, 1.82) is 0 Å². The van der Waals surface area contributed by atoms with Gasteiger partial charge in [0.05, 0.1) is 0 Å². The Hall–Kier alpha value is 0.140. The minimum absolute atomic E-state index is 0.710. The van der Waals surface area contributed by atoms with Crippen molar-refractivity contribution in [3.05, 3.63) is 25.3 Å². The maximum Gasteiger partial charge on any atom is 0.0166 e. The predicted molar refractivity (Wildman–Crippen MR) is 86.0 cm³/mol. The summed E-state index contributed by atoms with van der Waals surface area (Å²) in [4.78, 5) is 0. The third kappa shape index (κ3) is 4.56. The van der Waals surface area contributed by atoms with E-state index in [1.165, 1.54) is 13.0 Å². The first-order chi connectivity index (χ1) is 7.31. The number of hydrogen-bond donors (Lipinski definition) is 0. The van der Waals surface area contributed by atoms with E-state index in [2.05, 4.69) is 61.0 Å². The lowest BCUT2D eigenvalue weighted by molar-refractivity contribution is 0.685. The second kappa shape index (κ2) is 6.77. The molecule has 0 aromatic rings. The normalized spacial score (nSPS) is 14.9. The first-order valence-electron chi connectivity index (χ1n) is 5.73. The zero-order chi connectivity index (χ0) is 12.8. The fraction of sp³-hybridized carbons (Fsp3) is 0.692. The van der Waals surface area contributed by atoms with Gasteiger partial charge in [0.2, 0.25) is 0 Å². The van der Waals surface area contributed by atoms with E-state index in [0.29, 0.717) is 0 Å². The van der Waals surface area contributed by atoms with Crippen LogP contribution in [0, 0.1) is 0 Å². The summed E-state index contributed by atoms with van der Waals surface area (Å²) in [7, 11) is -1.42. The highest BCUT2D eigenvalue weighted by Gasteiger charge is 2.29. The van der Waals surface area contributed by atoms with Crippen molar-refractivity contribution in [2.75, 3.05) is 43.1 Å². The van der Waals surface area contributed by atoms with Crippen molar-refractivity contribution in [3.8, 4) is 0 Å². The van der Waals surface area contributed by atoms with Gasteiger partial charge >= 0.3 is 0 Å². The molecule has 0 fully saturated rings. The van der Waals surface area contributed by atoms with E-state index in [0.717, 1.165) is 11.5 Å². The van der Waals surface area contributed by atoms with Crippen molar-refractivity contribution in [1.82, 2.24) is 3.71 Å². The second-order valence-electron chi connectivity index (χ2n) is 4.93. The van der Waals surface area contributed by atoms with Gasteiger partial charge in [0, 0.05) is 18.1 Å². The molecule has 0 radical (unpaired) electrons. The Labute approximate surface area is 106 Å². The number of hydrogen-bond acceptors (Lipinski definition) is 1. The molecule has 0 heterocycles. The summed E-state index contributed by atoms with van der Waals surface area (Å²) in [6, 6.07) is 0. The van der Waals surface area contributed by atoms with E-state index in [9.17, 15) is 0 Å². The van der Waals surface area contributed by atoms with Gasteiger partial charge in [0.1, 0.15) is 0 Å². The standard InChI is InChI=1S/C13H29NS2/c1-8-11-14(15(4,5)12-9-2)16(6,7)13-10-3/h9-10H,2-3,8,11-13H2,1,4-7H3. The molecule has 0 atom stereocenters. The van der Waals surface area contributed by atoms with Crippen LogP contribution in [0.15, 0.2) is 25.3 Å². The van der Waals surface area contributed by atoms with Gasteiger partial charge in [-0.05, 0) is 31.4 Å². The fourth-order valence-corrected chi connectivity index (χ4v) is 9.54. The van der Waals surface area contributed by atoms with Gasteiger partial charge in [-0.15, -0.1) is 13.2 Å². The number of nitrogens with zero attached hydrogens (tertiary/aromatic N) is 1. The summed E-state index contributed by atoms with van der Waals surface area (Å²) in [6.07, 6.45) is 15.0. The van der Waals surface area contributed by atoms with E-state index >= 15 is 0 Å². The Morgan fingerprint density at radius 3 is 1.56 bits per heavy atom. The summed E-state index contributed by atoms with van der Waals surface area (Å²) >= 11 is 0. The highest BCUT2D eigenvalue weighted by atomic mass is 32.3. The first kappa shape index (κ1) is 16.1. The molecule has 16 heavy (non-hydrogen) atoms. The lowest BCUT2D eigenvalue weighted by Gasteiger charge is -2.54. The molecular weight excluding hydrogens is 234 g/mol. The van der Waals surface area contributed by atoms with Crippen LogP contribution in [-0.4, -0.2) is 46.8 Å². The molecule has 0 saturated heterocycles. The average Bonchev–Trinajstić information content (AvgIpc) is 2.13. The first-order valence-corrected chi connectivity index (χ1v) is 10.9. The zero-order valence-corrected chi connectivity index (χ0v) is 13.3. The van der Waals surface area contributed by atoms with Gasteiger partial charge < -0.3 is 0 Å². The van der Waals surface area contributed by atoms with Gasteiger partial charge in [0.25, 0.3) is 0 Å². The summed E-state index contributed by atoms with van der Waals surface area (Å²) in [5.74, 6) is 2.25. The van der Waals surface area contributed by atoms with Crippen LogP contribution in [0.25, 0.3) is 0 Å². The quantitative estimate of drug-likeness (QED) is 0.598. The molecule has 0 spiro atoms. The van der Waals surface area contributed by atoms with Gasteiger partial charge in [-0.2, -0.15) is 20.4 Å².